The Morgan fingerprint density at radius 3 is 2.58 bits per heavy atom. The molecule has 4 nitrogen and oxygen atoms in total. The normalized spacial score (nSPS) is 10.4. The first-order chi connectivity index (χ1) is 12.5. The Labute approximate surface area is 160 Å². The second-order valence-corrected chi connectivity index (χ2v) is 6.30. The number of aromatic nitrogens is 1. The van der Waals surface area contributed by atoms with Crippen LogP contribution in [0, 0.1) is 5.82 Å². The summed E-state index contributed by atoms with van der Waals surface area (Å²) < 4.78 is 13.6. The molecule has 26 heavy (non-hydrogen) atoms. The number of halogens is 3. The molecule has 1 amide bonds. The van der Waals surface area contributed by atoms with Gasteiger partial charge in [-0.1, -0.05) is 41.4 Å². The number of benzene rings is 2. The van der Waals surface area contributed by atoms with Gasteiger partial charge in [0.25, 0.3) is 5.91 Å². The quantitative estimate of drug-likeness (QED) is 0.630. The molecule has 132 valence electrons. The highest BCUT2D eigenvalue weighted by Crippen LogP contribution is 2.28. The van der Waals surface area contributed by atoms with Crippen LogP contribution in [0.4, 0.5) is 15.8 Å². The predicted octanol–water partition coefficient (Wildman–Crippen LogP) is 5.20. The highest BCUT2D eigenvalue weighted by Gasteiger charge is 2.09. The number of rotatable bonds is 5. The van der Waals surface area contributed by atoms with Crippen LogP contribution in [-0.2, 0) is 6.54 Å². The van der Waals surface area contributed by atoms with Crippen LogP contribution >= 0.6 is 23.2 Å². The van der Waals surface area contributed by atoms with Crippen molar-refractivity contribution in [3.8, 4) is 0 Å². The van der Waals surface area contributed by atoms with Crippen LogP contribution in [0.1, 0.15) is 16.1 Å². The first-order valence-corrected chi connectivity index (χ1v) is 8.48. The number of nitrogens with one attached hydrogen (secondary N) is 2. The third-order valence-electron chi connectivity index (χ3n) is 3.60. The average molecular weight is 390 g/mol. The monoisotopic (exact) mass is 389 g/mol. The second kappa shape index (κ2) is 8.17. The SMILES string of the molecule is O=C(NCc1ccccc1F)c1ccc(Nc2ccc(Cl)cc2Cl)cn1. The van der Waals surface area contributed by atoms with Gasteiger partial charge < -0.3 is 10.6 Å². The van der Waals surface area contributed by atoms with Crippen molar-refractivity contribution in [2.24, 2.45) is 0 Å². The van der Waals surface area contributed by atoms with Gasteiger partial charge in [0.2, 0.25) is 0 Å². The van der Waals surface area contributed by atoms with E-state index in [1.165, 1.54) is 12.3 Å². The molecule has 2 aromatic carbocycles. The molecular formula is C19H14Cl2FN3O. The number of hydrogen-bond acceptors (Lipinski definition) is 3. The molecule has 1 aromatic heterocycles. The molecule has 0 radical (unpaired) electrons. The average Bonchev–Trinajstić information content (AvgIpc) is 2.64. The predicted molar refractivity (Wildman–Crippen MR) is 102 cm³/mol. The minimum atomic E-state index is -0.385. The van der Waals surface area contributed by atoms with E-state index in [1.807, 2.05) is 0 Å². The number of carbonyl (C=O) groups excluding carboxylic acids is 1. The van der Waals surface area contributed by atoms with Gasteiger partial charge in [-0.3, -0.25) is 4.79 Å². The molecule has 3 aromatic rings. The summed E-state index contributed by atoms with van der Waals surface area (Å²) >= 11 is 12.0. The summed E-state index contributed by atoms with van der Waals surface area (Å²) in [6.45, 7) is 0.0908. The van der Waals surface area contributed by atoms with Crippen molar-refractivity contribution in [1.82, 2.24) is 10.3 Å². The lowest BCUT2D eigenvalue weighted by Gasteiger charge is -2.09. The summed E-state index contributed by atoms with van der Waals surface area (Å²) in [4.78, 5) is 16.3. The fourth-order valence-electron chi connectivity index (χ4n) is 2.26. The molecule has 0 spiro atoms. The molecule has 0 bridgehead atoms. The molecule has 0 unspecified atom stereocenters. The zero-order valence-corrected chi connectivity index (χ0v) is 15.0. The van der Waals surface area contributed by atoms with Crippen LogP contribution < -0.4 is 10.6 Å². The Balaban J connectivity index is 1.63. The second-order valence-electron chi connectivity index (χ2n) is 5.46. The molecule has 0 fully saturated rings. The molecule has 7 heteroatoms. The number of carbonyl (C=O) groups is 1. The van der Waals surface area contributed by atoms with Gasteiger partial charge in [-0.25, -0.2) is 9.37 Å². The lowest BCUT2D eigenvalue weighted by Crippen LogP contribution is -2.24. The van der Waals surface area contributed by atoms with Gasteiger partial charge in [-0.05, 0) is 36.4 Å². The van der Waals surface area contributed by atoms with E-state index in [2.05, 4.69) is 15.6 Å². The van der Waals surface area contributed by atoms with E-state index >= 15 is 0 Å². The molecule has 0 aliphatic rings. The molecule has 2 N–H and O–H groups in total. The minimum absolute atomic E-state index is 0.0908. The molecule has 1 heterocycles. The van der Waals surface area contributed by atoms with Gasteiger partial charge in [-0.15, -0.1) is 0 Å². The Morgan fingerprint density at radius 1 is 1.08 bits per heavy atom. The van der Waals surface area contributed by atoms with Crippen molar-refractivity contribution >= 4 is 40.5 Å². The van der Waals surface area contributed by atoms with Gasteiger partial charge in [0, 0.05) is 17.1 Å². The Bertz CT molecular complexity index is 932. The standard InChI is InChI=1S/C19H14Cl2FN3O/c20-13-5-7-17(15(21)9-13)25-14-6-8-18(23-11-14)19(26)24-10-12-3-1-2-4-16(12)22/h1-9,11,25H,10H2,(H,24,26). The number of anilines is 2. The summed E-state index contributed by atoms with van der Waals surface area (Å²) in [7, 11) is 0. The third-order valence-corrected chi connectivity index (χ3v) is 4.15. The van der Waals surface area contributed by atoms with Crippen molar-refractivity contribution < 1.29 is 9.18 Å². The molecule has 0 saturated heterocycles. The topological polar surface area (TPSA) is 54.0 Å². The van der Waals surface area contributed by atoms with Crippen LogP contribution in [-0.4, -0.2) is 10.9 Å². The van der Waals surface area contributed by atoms with E-state index in [4.69, 9.17) is 23.2 Å². The van der Waals surface area contributed by atoms with Crippen molar-refractivity contribution in [2.45, 2.75) is 6.54 Å². The van der Waals surface area contributed by atoms with Crippen LogP contribution in [0.25, 0.3) is 0 Å². The van der Waals surface area contributed by atoms with Crippen LogP contribution in [0.15, 0.2) is 60.8 Å². The zero-order valence-electron chi connectivity index (χ0n) is 13.5. The van der Waals surface area contributed by atoms with E-state index in [-0.39, 0.29) is 24.0 Å². The van der Waals surface area contributed by atoms with Gasteiger partial charge in [0.1, 0.15) is 11.5 Å². The molecule has 0 saturated carbocycles. The van der Waals surface area contributed by atoms with E-state index in [0.29, 0.717) is 27.0 Å². The molecule has 0 atom stereocenters. The van der Waals surface area contributed by atoms with Crippen molar-refractivity contribution in [1.29, 1.82) is 0 Å². The van der Waals surface area contributed by atoms with Gasteiger partial charge in [-0.2, -0.15) is 0 Å². The summed E-state index contributed by atoms with van der Waals surface area (Å²) in [5, 5.41) is 6.76. The zero-order chi connectivity index (χ0) is 18.5. The van der Waals surface area contributed by atoms with E-state index in [0.717, 1.165) is 0 Å². The van der Waals surface area contributed by atoms with Crippen molar-refractivity contribution in [3.05, 3.63) is 87.9 Å². The molecular weight excluding hydrogens is 376 g/mol. The maximum atomic E-state index is 13.6. The molecule has 0 aliphatic carbocycles. The molecule has 3 rings (SSSR count). The fraction of sp³-hybridized carbons (Fsp3) is 0.0526. The maximum Gasteiger partial charge on any atom is 0.270 e. The van der Waals surface area contributed by atoms with Gasteiger partial charge >= 0.3 is 0 Å². The van der Waals surface area contributed by atoms with Crippen LogP contribution in [0.5, 0.6) is 0 Å². The molecule has 0 aliphatic heterocycles. The number of pyridine rings is 1. The van der Waals surface area contributed by atoms with Gasteiger partial charge in [0.15, 0.2) is 0 Å². The summed E-state index contributed by atoms with van der Waals surface area (Å²) in [6, 6.07) is 14.6. The van der Waals surface area contributed by atoms with Crippen LogP contribution in [0.3, 0.4) is 0 Å². The summed E-state index contributed by atoms with van der Waals surface area (Å²) in [6.07, 6.45) is 1.52. The smallest absolute Gasteiger partial charge is 0.270 e. The Morgan fingerprint density at radius 2 is 1.88 bits per heavy atom. The largest absolute Gasteiger partial charge is 0.353 e. The Kier molecular flexibility index (Phi) is 5.71. The summed E-state index contributed by atoms with van der Waals surface area (Å²) in [5.74, 6) is -0.746. The Hall–Kier alpha value is -2.63. The van der Waals surface area contributed by atoms with E-state index in [9.17, 15) is 9.18 Å². The summed E-state index contributed by atoms with van der Waals surface area (Å²) in [5.41, 5.74) is 1.99. The fourth-order valence-corrected chi connectivity index (χ4v) is 2.71. The lowest BCUT2D eigenvalue weighted by molar-refractivity contribution is 0.0945. The number of amides is 1. The minimum Gasteiger partial charge on any atom is -0.353 e. The maximum absolute atomic E-state index is 13.6. The highest BCUT2D eigenvalue weighted by atomic mass is 35.5. The van der Waals surface area contributed by atoms with Crippen molar-refractivity contribution in [3.63, 3.8) is 0 Å². The van der Waals surface area contributed by atoms with E-state index < -0.39 is 0 Å². The lowest BCUT2D eigenvalue weighted by atomic mass is 10.2. The first kappa shape index (κ1) is 18.2. The third kappa shape index (κ3) is 4.50. The highest BCUT2D eigenvalue weighted by molar-refractivity contribution is 6.36. The van der Waals surface area contributed by atoms with Gasteiger partial charge in [0.05, 0.1) is 22.6 Å². The first-order valence-electron chi connectivity index (χ1n) is 7.72. The van der Waals surface area contributed by atoms with Crippen LogP contribution in [0.2, 0.25) is 10.0 Å². The number of hydrogen-bond donors (Lipinski definition) is 2. The van der Waals surface area contributed by atoms with Crippen molar-refractivity contribution in [2.75, 3.05) is 5.32 Å². The van der Waals surface area contributed by atoms with E-state index in [1.54, 1.807) is 48.5 Å². The number of nitrogens with zero attached hydrogens (tertiary/aromatic N) is 1.